The van der Waals surface area contributed by atoms with Crippen molar-refractivity contribution in [1.82, 2.24) is 0 Å². The number of methoxy groups -OCH3 is 1. The van der Waals surface area contributed by atoms with Crippen LogP contribution in [-0.4, -0.2) is 42.2 Å². The van der Waals surface area contributed by atoms with Crippen LogP contribution in [-0.2, 0) is 16.7 Å². The van der Waals surface area contributed by atoms with Gasteiger partial charge in [-0.2, -0.15) is 4.57 Å². The van der Waals surface area contributed by atoms with Crippen LogP contribution in [0, 0.1) is 0 Å². The summed E-state index contributed by atoms with van der Waals surface area (Å²) in [6.07, 6.45) is 1.72. The largest absolute Gasteiger partial charge is 0.744 e. The maximum Gasteiger partial charge on any atom is 0.335 e. The summed E-state index contributed by atoms with van der Waals surface area (Å²) in [5.41, 5.74) is 4.19. The average Bonchev–Trinajstić information content (AvgIpc) is 2.95. The summed E-state index contributed by atoms with van der Waals surface area (Å²) in [4.78, 5) is 22.4. The predicted molar refractivity (Wildman–Crippen MR) is 146 cm³/mol. The van der Waals surface area contributed by atoms with Gasteiger partial charge in [0.1, 0.15) is 22.4 Å². The molecule has 0 amide bonds. The highest BCUT2D eigenvalue weighted by Crippen LogP contribution is 2.34. The zero-order valence-electron chi connectivity index (χ0n) is 21.8. The molecule has 4 rings (SSSR count). The second-order valence-corrected chi connectivity index (χ2v) is 10.5. The van der Waals surface area contributed by atoms with Crippen molar-refractivity contribution in [3.63, 3.8) is 0 Å². The molecule has 0 unspecified atom stereocenters. The van der Waals surface area contributed by atoms with E-state index in [2.05, 4.69) is 11.5 Å². The Bertz CT molecular complexity index is 1600. The van der Waals surface area contributed by atoms with E-state index in [1.165, 1.54) is 43.5 Å². The van der Waals surface area contributed by atoms with Gasteiger partial charge in [0.15, 0.2) is 0 Å². The Balaban J connectivity index is 2.03. The summed E-state index contributed by atoms with van der Waals surface area (Å²) < 4.78 is 43.1. The Morgan fingerprint density at radius 3 is 1.65 bits per heavy atom. The third-order valence-electron chi connectivity index (χ3n) is 6.52. The molecular weight excluding hydrogens is 534 g/mol. The van der Waals surface area contributed by atoms with E-state index < -0.39 is 27.0 Å². The minimum atomic E-state index is -4.84. The average molecular weight is 562 g/mol. The molecule has 9 nitrogen and oxygen atoms in total. The highest BCUT2D eigenvalue weighted by Gasteiger charge is 2.24. The van der Waals surface area contributed by atoms with Gasteiger partial charge in [0.25, 0.3) is 0 Å². The number of hydrogen-bond donors (Lipinski definition) is 2. The fourth-order valence-corrected chi connectivity index (χ4v) is 5.11. The molecule has 1 heterocycles. The number of rotatable bonds is 10. The van der Waals surface area contributed by atoms with Crippen molar-refractivity contribution < 1.29 is 42.1 Å². The Kier molecular flexibility index (Phi) is 8.32. The number of carboxylic acids is 2. The second-order valence-electron chi connectivity index (χ2n) is 9.10. The predicted octanol–water partition coefficient (Wildman–Crippen LogP) is 5.08. The number of ether oxygens (including phenoxy) is 1. The lowest BCUT2D eigenvalue weighted by Gasteiger charge is -2.16. The molecule has 2 N–H and O–H groups in total. The molecule has 0 fully saturated rings. The molecule has 1 aromatic heterocycles. The van der Waals surface area contributed by atoms with Gasteiger partial charge in [-0.05, 0) is 71.8 Å². The van der Waals surface area contributed by atoms with Crippen molar-refractivity contribution in [3.8, 4) is 39.4 Å². The van der Waals surface area contributed by atoms with Crippen molar-refractivity contribution in [2.24, 2.45) is 0 Å². The number of unbranched alkanes of at least 4 members (excludes halogenated alkanes) is 1. The fourth-order valence-electron chi connectivity index (χ4n) is 4.44. The van der Waals surface area contributed by atoms with Crippen LogP contribution < -0.4 is 9.30 Å². The first kappa shape index (κ1) is 28.5. The summed E-state index contributed by atoms with van der Waals surface area (Å²) in [6.45, 7) is 2.66. The molecule has 40 heavy (non-hydrogen) atoms. The lowest BCUT2D eigenvalue weighted by atomic mass is 9.97. The van der Waals surface area contributed by atoms with E-state index in [-0.39, 0.29) is 16.9 Å². The molecule has 0 spiro atoms. The zero-order chi connectivity index (χ0) is 29.0. The maximum absolute atomic E-state index is 12.0. The van der Waals surface area contributed by atoms with Crippen LogP contribution in [0.3, 0.4) is 0 Å². The summed E-state index contributed by atoms with van der Waals surface area (Å²) in [5.74, 6) is -2.17. The third kappa shape index (κ3) is 6.03. The second kappa shape index (κ2) is 11.7. The van der Waals surface area contributed by atoms with E-state index in [1.807, 2.05) is 12.1 Å². The highest BCUT2D eigenvalue weighted by molar-refractivity contribution is 7.85. The van der Waals surface area contributed by atoms with Gasteiger partial charge in [0.05, 0.1) is 23.1 Å². The molecule has 0 radical (unpaired) electrons. The van der Waals surface area contributed by atoms with Crippen molar-refractivity contribution in [2.75, 3.05) is 7.11 Å². The van der Waals surface area contributed by atoms with Crippen molar-refractivity contribution in [3.05, 3.63) is 90.0 Å². The lowest BCUT2D eigenvalue weighted by molar-refractivity contribution is -0.675. The number of aromatic carboxylic acids is 2. The summed E-state index contributed by atoms with van der Waals surface area (Å²) in [5, 5.41) is 18.7. The smallest absolute Gasteiger partial charge is 0.335 e. The summed E-state index contributed by atoms with van der Waals surface area (Å²) >= 11 is 0. The van der Waals surface area contributed by atoms with E-state index in [4.69, 9.17) is 4.74 Å². The maximum atomic E-state index is 12.0. The van der Waals surface area contributed by atoms with Gasteiger partial charge in [0.2, 0.25) is 11.4 Å². The normalized spacial score (nSPS) is 11.3. The van der Waals surface area contributed by atoms with Gasteiger partial charge in [-0.15, -0.1) is 0 Å². The Hall–Kier alpha value is -4.54. The molecule has 0 aliphatic rings. The molecule has 0 aliphatic heterocycles. The Morgan fingerprint density at radius 2 is 1.25 bits per heavy atom. The quantitative estimate of drug-likeness (QED) is 0.201. The van der Waals surface area contributed by atoms with E-state index in [9.17, 15) is 32.8 Å². The number of nitrogens with zero attached hydrogens (tertiary/aromatic N) is 1. The highest BCUT2D eigenvalue weighted by atomic mass is 32.2. The van der Waals surface area contributed by atoms with Crippen LogP contribution in [0.15, 0.2) is 83.8 Å². The molecule has 0 atom stereocenters. The SMILES string of the molecule is CCCC[n+]1c(-c2ccc(C(=O)O)cc2)cc(-c2ccc(OC)c(S(=O)(=O)[O-])c2)cc1-c1ccc(C(=O)O)cc1. The van der Waals surface area contributed by atoms with Gasteiger partial charge < -0.3 is 19.5 Å². The molecule has 0 bridgehead atoms. The Labute approximate surface area is 231 Å². The standard InChI is InChI=1S/C30H27NO8S/c1-3-4-15-31-25(19-5-9-21(10-6-19)29(32)33)16-24(17-26(31)20-7-11-22(12-8-20)30(34)35)23-13-14-27(39-2)28(18-23)40(36,37)38/h5-14,16-18H,3-4,15H2,1-2H3,(H2-,32,33,34,35,36,37,38). The van der Waals surface area contributed by atoms with Crippen molar-refractivity contribution >= 4 is 22.1 Å². The van der Waals surface area contributed by atoms with Gasteiger partial charge in [0, 0.05) is 29.7 Å². The van der Waals surface area contributed by atoms with Crippen LogP contribution in [0.1, 0.15) is 40.5 Å². The molecular formula is C30H27NO8S. The van der Waals surface area contributed by atoms with Crippen LogP contribution in [0.2, 0.25) is 0 Å². The molecule has 3 aromatic carbocycles. The number of hydrogen-bond acceptors (Lipinski definition) is 6. The molecule has 0 aliphatic carbocycles. The van der Waals surface area contributed by atoms with Crippen LogP contribution in [0.4, 0.5) is 0 Å². The third-order valence-corrected chi connectivity index (χ3v) is 7.38. The molecule has 0 saturated heterocycles. The molecule has 206 valence electrons. The van der Waals surface area contributed by atoms with E-state index >= 15 is 0 Å². The monoisotopic (exact) mass is 561 g/mol. The van der Waals surface area contributed by atoms with Gasteiger partial charge in [-0.3, -0.25) is 0 Å². The van der Waals surface area contributed by atoms with E-state index in [0.717, 1.165) is 35.4 Å². The number of carbonyl (C=O) groups is 2. The van der Waals surface area contributed by atoms with E-state index in [0.29, 0.717) is 17.7 Å². The Morgan fingerprint density at radius 1 is 0.775 bits per heavy atom. The minimum absolute atomic E-state index is 0.0679. The number of benzene rings is 3. The van der Waals surface area contributed by atoms with Gasteiger partial charge in [-0.25, -0.2) is 18.0 Å². The van der Waals surface area contributed by atoms with Crippen molar-refractivity contribution in [1.29, 1.82) is 0 Å². The zero-order valence-corrected chi connectivity index (χ0v) is 22.6. The number of carboxylic acid groups (broad SMARTS) is 2. The minimum Gasteiger partial charge on any atom is -0.744 e. The van der Waals surface area contributed by atoms with Gasteiger partial charge >= 0.3 is 11.9 Å². The topological polar surface area (TPSA) is 145 Å². The molecule has 4 aromatic rings. The summed E-state index contributed by atoms with van der Waals surface area (Å²) in [6, 6.07) is 20.8. The van der Waals surface area contributed by atoms with Gasteiger partial charge in [-0.1, -0.05) is 19.4 Å². The van der Waals surface area contributed by atoms with Crippen molar-refractivity contribution in [2.45, 2.75) is 31.2 Å². The van der Waals surface area contributed by atoms with Crippen LogP contribution >= 0.6 is 0 Å². The van der Waals surface area contributed by atoms with Crippen LogP contribution in [0.5, 0.6) is 5.75 Å². The first-order chi connectivity index (χ1) is 19.0. The summed E-state index contributed by atoms with van der Waals surface area (Å²) in [7, 11) is -3.56. The number of pyridine rings is 1. The lowest BCUT2D eigenvalue weighted by Crippen LogP contribution is -2.39. The fraction of sp³-hybridized carbons (Fsp3) is 0.167. The first-order valence-electron chi connectivity index (χ1n) is 12.4. The number of aromatic nitrogens is 1. The van der Waals surface area contributed by atoms with E-state index in [1.54, 1.807) is 30.3 Å². The molecule has 0 saturated carbocycles. The van der Waals surface area contributed by atoms with Crippen LogP contribution in [0.25, 0.3) is 33.6 Å². The first-order valence-corrected chi connectivity index (χ1v) is 13.8. The molecule has 10 heteroatoms.